The minimum Gasteiger partial charge on any atom is -0.358 e. The highest BCUT2D eigenvalue weighted by Gasteiger charge is 2.08. The van der Waals surface area contributed by atoms with Crippen molar-refractivity contribution in [2.75, 3.05) is 0 Å². The zero-order valence-electron chi connectivity index (χ0n) is 11.7. The van der Waals surface area contributed by atoms with Crippen LogP contribution in [-0.4, -0.2) is 14.5 Å². The van der Waals surface area contributed by atoms with Crippen LogP contribution in [0.2, 0.25) is 5.02 Å². The summed E-state index contributed by atoms with van der Waals surface area (Å²) in [6.45, 7) is 5.27. The fourth-order valence-electron chi connectivity index (χ4n) is 2.39. The second kappa shape index (κ2) is 5.33. The molecular formula is C16H18ClN3. The average molecular weight is 288 g/mol. The van der Waals surface area contributed by atoms with Crippen molar-refractivity contribution in [3.05, 3.63) is 53.2 Å². The molecule has 0 aliphatic carbocycles. The number of rotatable bonds is 4. The predicted octanol–water partition coefficient (Wildman–Crippen LogP) is 4.38. The van der Waals surface area contributed by atoms with E-state index < -0.39 is 0 Å². The van der Waals surface area contributed by atoms with Crippen molar-refractivity contribution in [1.29, 1.82) is 0 Å². The van der Waals surface area contributed by atoms with E-state index in [9.17, 15) is 0 Å². The number of nitrogens with one attached hydrogen (secondary N) is 1. The molecule has 3 aromatic rings. The first-order chi connectivity index (χ1) is 9.63. The third kappa shape index (κ3) is 2.59. The third-order valence-corrected chi connectivity index (χ3v) is 3.98. The van der Waals surface area contributed by atoms with Crippen molar-refractivity contribution in [3.63, 3.8) is 0 Å². The second-order valence-electron chi connectivity index (χ2n) is 5.46. The molecule has 3 nitrogen and oxygen atoms in total. The lowest BCUT2D eigenvalue weighted by molar-refractivity contribution is 0.696. The number of aromatic nitrogens is 3. The summed E-state index contributed by atoms with van der Waals surface area (Å²) in [6, 6.07) is 6.41. The van der Waals surface area contributed by atoms with Crippen molar-refractivity contribution in [2.24, 2.45) is 0 Å². The summed E-state index contributed by atoms with van der Waals surface area (Å²) in [5.74, 6) is 0.496. The molecule has 0 saturated heterocycles. The van der Waals surface area contributed by atoms with Crippen LogP contribution < -0.4 is 0 Å². The van der Waals surface area contributed by atoms with Crippen LogP contribution >= 0.6 is 11.6 Å². The molecule has 0 bridgehead atoms. The SMILES string of the molecule is CC(C)c1cc2cc(Cl)c(CCn3ccnc3)cc2[nH]1. The van der Waals surface area contributed by atoms with Crippen molar-refractivity contribution in [2.45, 2.75) is 32.7 Å². The van der Waals surface area contributed by atoms with Gasteiger partial charge in [-0.1, -0.05) is 25.4 Å². The summed E-state index contributed by atoms with van der Waals surface area (Å²) >= 11 is 6.39. The van der Waals surface area contributed by atoms with E-state index >= 15 is 0 Å². The predicted molar refractivity (Wildman–Crippen MR) is 83.3 cm³/mol. The van der Waals surface area contributed by atoms with E-state index in [0.717, 1.165) is 18.0 Å². The molecule has 0 spiro atoms. The van der Waals surface area contributed by atoms with E-state index in [1.807, 2.05) is 12.5 Å². The van der Waals surface area contributed by atoms with Gasteiger partial charge in [-0.3, -0.25) is 0 Å². The van der Waals surface area contributed by atoms with Crippen LogP contribution in [0.15, 0.2) is 36.9 Å². The van der Waals surface area contributed by atoms with Crippen molar-refractivity contribution >= 4 is 22.5 Å². The normalized spacial score (nSPS) is 11.6. The van der Waals surface area contributed by atoms with E-state index in [2.05, 4.69) is 46.6 Å². The number of nitrogens with zero attached hydrogens (tertiary/aromatic N) is 2. The van der Waals surface area contributed by atoms with E-state index in [0.29, 0.717) is 5.92 Å². The summed E-state index contributed by atoms with van der Waals surface area (Å²) in [5.41, 5.74) is 3.59. The Morgan fingerprint density at radius 1 is 1.30 bits per heavy atom. The van der Waals surface area contributed by atoms with Crippen LogP contribution in [-0.2, 0) is 13.0 Å². The molecule has 3 rings (SSSR count). The maximum atomic E-state index is 6.39. The van der Waals surface area contributed by atoms with Crippen molar-refractivity contribution in [1.82, 2.24) is 14.5 Å². The lowest BCUT2D eigenvalue weighted by atomic mass is 10.1. The van der Waals surface area contributed by atoms with Crippen LogP contribution in [0.5, 0.6) is 0 Å². The van der Waals surface area contributed by atoms with Gasteiger partial charge in [0.25, 0.3) is 0 Å². The highest BCUT2D eigenvalue weighted by molar-refractivity contribution is 6.32. The largest absolute Gasteiger partial charge is 0.358 e. The third-order valence-electron chi connectivity index (χ3n) is 3.63. The summed E-state index contributed by atoms with van der Waals surface area (Å²) in [4.78, 5) is 7.53. The van der Waals surface area contributed by atoms with Crippen LogP contribution in [0, 0.1) is 0 Å². The fraction of sp³-hybridized carbons (Fsp3) is 0.312. The van der Waals surface area contributed by atoms with Gasteiger partial charge in [0.1, 0.15) is 0 Å². The molecule has 2 aromatic heterocycles. The molecule has 1 N–H and O–H groups in total. The smallest absolute Gasteiger partial charge is 0.0946 e. The first-order valence-corrected chi connectivity index (χ1v) is 7.28. The molecule has 20 heavy (non-hydrogen) atoms. The fourth-order valence-corrected chi connectivity index (χ4v) is 2.66. The highest BCUT2D eigenvalue weighted by atomic mass is 35.5. The maximum absolute atomic E-state index is 6.39. The summed E-state index contributed by atoms with van der Waals surface area (Å²) in [5, 5.41) is 2.03. The lowest BCUT2D eigenvalue weighted by Crippen LogP contribution is -1.99. The molecule has 1 aromatic carbocycles. The summed E-state index contributed by atoms with van der Waals surface area (Å²) < 4.78 is 2.06. The average Bonchev–Trinajstić information content (AvgIpc) is 3.04. The number of aromatic amines is 1. The number of imidazole rings is 1. The first-order valence-electron chi connectivity index (χ1n) is 6.90. The van der Waals surface area contributed by atoms with Crippen LogP contribution in [0.1, 0.15) is 31.0 Å². The Hall–Kier alpha value is -1.74. The van der Waals surface area contributed by atoms with Gasteiger partial charge in [0.05, 0.1) is 6.33 Å². The Kier molecular flexibility index (Phi) is 3.53. The van der Waals surface area contributed by atoms with Gasteiger partial charge in [-0.25, -0.2) is 4.98 Å². The zero-order chi connectivity index (χ0) is 14.1. The van der Waals surface area contributed by atoms with Gasteiger partial charge in [-0.2, -0.15) is 0 Å². The van der Waals surface area contributed by atoms with Crippen LogP contribution in [0.4, 0.5) is 0 Å². The number of H-pyrrole nitrogens is 1. The number of fused-ring (bicyclic) bond motifs is 1. The topological polar surface area (TPSA) is 33.6 Å². The van der Waals surface area contributed by atoms with Gasteiger partial charge in [0, 0.05) is 40.6 Å². The standard InChI is InChI=1S/C16H18ClN3/c1-11(2)15-9-13-7-14(17)12(8-16(13)19-15)3-5-20-6-4-18-10-20/h4,6-11,19H,3,5H2,1-2H3. The molecule has 104 valence electrons. The Balaban J connectivity index is 1.88. The Morgan fingerprint density at radius 3 is 2.85 bits per heavy atom. The molecule has 0 atom stereocenters. The Morgan fingerprint density at radius 2 is 2.15 bits per heavy atom. The molecule has 0 unspecified atom stereocenters. The number of hydrogen-bond acceptors (Lipinski definition) is 1. The molecule has 4 heteroatoms. The van der Waals surface area contributed by atoms with E-state index in [-0.39, 0.29) is 0 Å². The molecular weight excluding hydrogens is 270 g/mol. The lowest BCUT2D eigenvalue weighted by Gasteiger charge is -2.05. The maximum Gasteiger partial charge on any atom is 0.0946 e. The van der Waals surface area contributed by atoms with E-state index in [1.54, 1.807) is 6.20 Å². The molecule has 0 amide bonds. The molecule has 0 radical (unpaired) electrons. The summed E-state index contributed by atoms with van der Waals surface area (Å²) in [6.07, 6.45) is 6.50. The first kappa shape index (κ1) is 13.3. The number of hydrogen-bond donors (Lipinski definition) is 1. The van der Waals surface area contributed by atoms with Gasteiger partial charge >= 0.3 is 0 Å². The monoisotopic (exact) mass is 287 g/mol. The van der Waals surface area contributed by atoms with Gasteiger partial charge in [0.15, 0.2) is 0 Å². The van der Waals surface area contributed by atoms with E-state index in [1.165, 1.54) is 22.2 Å². The molecule has 0 aliphatic rings. The van der Waals surface area contributed by atoms with Crippen LogP contribution in [0.25, 0.3) is 10.9 Å². The molecule has 2 heterocycles. The zero-order valence-corrected chi connectivity index (χ0v) is 12.5. The van der Waals surface area contributed by atoms with Gasteiger partial charge in [-0.05, 0) is 36.1 Å². The second-order valence-corrected chi connectivity index (χ2v) is 5.87. The Bertz CT molecular complexity index is 711. The number of aryl methyl sites for hydroxylation is 2. The number of benzene rings is 1. The molecule has 0 saturated carbocycles. The Labute approximate surface area is 123 Å². The van der Waals surface area contributed by atoms with Crippen molar-refractivity contribution in [3.8, 4) is 0 Å². The van der Waals surface area contributed by atoms with Gasteiger partial charge in [0.2, 0.25) is 0 Å². The van der Waals surface area contributed by atoms with Crippen LogP contribution in [0.3, 0.4) is 0 Å². The molecule has 0 fully saturated rings. The van der Waals surface area contributed by atoms with Crippen molar-refractivity contribution < 1.29 is 0 Å². The minimum atomic E-state index is 0.496. The quantitative estimate of drug-likeness (QED) is 0.759. The number of halogens is 1. The minimum absolute atomic E-state index is 0.496. The summed E-state index contributed by atoms with van der Waals surface area (Å²) in [7, 11) is 0. The van der Waals surface area contributed by atoms with Gasteiger partial charge < -0.3 is 9.55 Å². The highest BCUT2D eigenvalue weighted by Crippen LogP contribution is 2.27. The van der Waals surface area contributed by atoms with Gasteiger partial charge in [-0.15, -0.1) is 0 Å². The molecule has 0 aliphatic heterocycles. The van der Waals surface area contributed by atoms with E-state index in [4.69, 9.17) is 11.6 Å².